The number of hydrogen-bond donors (Lipinski definition) is 2. The molecule has 1 aliphatic rings. The van der Waals surface area contributed by atoms with Crippen LogP contribution in [0.25, 0.3) is 22.2 Å². The van der Waals surface area contributed by atoms with Crippen molar-refractivity contribution < 1.29 is 4.79 Å². The van der Waals surface area contributed by atoms with Gasteiger partial charge in [-0.1, -0.05) is 41.6 Å². The van der Waals surface area contributed by atoms with Gasteiger partial charge in [0.05, 0.1) is 24.8 Å². The van der Waals surface area contributed by atoms with Gasteiger partial charge in [0.2, 0.25) is 5.91 Å². The van der Waals surface area contributed by atoms with Gasteiger partial charge in [0.25, 0.3) is 0 Å². The minimum absolute atomic E-state index is 0.169. The molecule has 4 aromatic rings. The summed E-state index contributed by atoms with van der Waals surface area (Å²) in [6, 6.07) is 16.5. The minimum Gasteiger partial charge on any atom is -0.368 e. The third-order valence-corrected chi connectivity index (χ3v) is 5.68. The van der Waals surface area contributed by atoms with Crippen molar-refractivity contribution in [3.63, 3.8) is 0 Å². The van der Waals surface area contributed by atoms with Crippen LogP contribution in [-0.4, -0.2) is 43.7 Å². The Kier molecular flexibility index (Phi) is 4.66. The zero-order chi connectivity index (χ0) is 20.5. The fourth-order valence-corrected chi connectivity index (χ4v) is 3.90. The Hall–Kier alpha value is -3.68. The average molecular weight is 401 g/mol. The van der Waals surface area contributed by atoms with Gasteiger partial charge in [-0.15, -0.1) is 5.10 Å². The van der Waals surface area contributed by atoms with E-state index in [4.69, 9.17) is 5.73 Å². The molecule has 0 atom stereocenters. The Morgan fingerprint density at radius 2 is 2.03 bits per heavy atom. The molecule has 1 amide bonds. The Bertz CT molecular complexity index is 1180. The molecule has 3 N–H and O–H groups in total. The fourth-order valence-electron chi connectivity index (χ4n) is 3.90. The van der Waals surface area contributed by atoms with E-state index in [0.29, 0.717) is 12.6 Å². The molecule has 2 heterocycles. The van der Waals surface area contributed by atoms with Crippen LogP contribution in [-0.2, 0) is 11.3 Å². The van der Waals surface area contributed by atoms with Crippen molar-refractivity contribution in [3.8, 4) is 11.3 Å². The van der Waals surface area contributed by atoms with Gasteiger partial charge in [-0.3, -0.25) is 9.89 Å². The van der Waals surface area contributed by atoms with Crippen molar-refractivity contribution >= 4 is 22.6 Å². The third-order valence-electron chi connectivity index (χ3n) is 5.68. The lowest BCUT2D eigenvalue weighted by Gasteiger charge is -2.37. The second-order valence-corrected chi connectivity index (χ2v) is 7.77. The number of nitrogens with one attached hydrogen (secondary N) is 1. The standard InChI is InChI=1S/C22H23N7O/c23-21(30)14-29(17-7-4-8-17)22-18-11-16(9-10-19(18)24-26-22)20-13-28(27-25-20)12-15-5-2-1-3-6-15/h1-3,5-6,9-11,13,17H,4,7-8,12,14H2,(H2,23,30)(H,24,26). The zero-order valence-electron chi connectivity index (χ0n) is 16.5. The van der Waals surface area contributed by atoms with Crippen LogP contribution in [0.2, 0.25) is 0 Å². The molecule has 0 saturated heterocycles. The second-order valence-electron chi connectivity index (χ2n) is 7.77. The van der Waals surface area contributed by atoms with Crippen LogP contribution >= 0.6 is 0 Å². The lowest BCUT2D eigenvalue weighted by atomic mass is 9.91. The highest BCUT2D eigenvalue weighted by Crippen LogP contribution is 2.34. The van der Waals surface area contributed by atoms with Crippen molar-refractivity contribution in [3.05, 3.63) is 60.3 Å². The van der Waals surface area contributed by atoms with Gasteiger partial charge in [0.15, 0.2) is 5.82 Å². The number of carbonyl (C=O) groups excluding carboxylic acids is 1. The van der Waals surface area contributed by atoms with Gasteiger partial charge < -0.3 is 10.6 Å². The van der Waals surface area contributed by atoms with Crippen molar-refractivity contribution in [1.82, 2.24) is 25.2 Å². The second kappa shape index (κ2) is 7.62. The first-order valence-corrected chi connectivity index (χ1v) is 10.1. The van der Waals surface area contributed by atoms with Gasteiger partial charge in [0, 0.05) is 17.0 Å². The highest BCUT2D eigenvalue weighted by molar-refractivity contribution is 5.94. The molecular weight excluding hydrogens is 378 g/mol. The summed E-state index contributed by atoms with van der Waals surface area (Å²) in [5.74, 6) is 0.421. The van der Waals surface area contributed by atoms with E-state index in [1.165, 1.54) is 5.56 Å². The van der Waals surface area contributed by atoms with Gasteiger partial charge >= 0.3 is 0 Å². The molecule has 1 fully saturated rings. The molecule has 1 saturated carbocycles. The van der Waals surface area contributed by atoms with Crippen LogP contribution < -0.4 is 10.6 Å². The first-order valence-electron chi connectivity index (χ1n) is 10.1. The monoisotopic (exact) mass is 401 g/mol. The predicted molar refractivity (Wildman–Crippen MR) is 115 cm³/mol. The topological polar surface area (TPSA) is 106 Å². The first-order chi connectivity index (χ1) is 14.7. The Morgan fingerprint density at radius 1 is 1.20 bits per heavy atom. The molecule has 8 nitrogen and oxygen atoms in total. The Labute approximate surface area is 173 Å². The molecule has 1 aliphatic carbocycles. The molecule has 0 unspecified atom stereocenters. The van der Waals surface area contributed by atoms with Crippen molar-refractivity contribution in [1.29, 1.82) is 0 Å². The summed E-state index contributed by atoms with van der Waals surface area (Å²) < 4.78 is 1.83. The number of fused-ring (bicyclic) bond motifs is 1. The maximum absolute atomic E-state index is 11.6. The molecular formula is C22H23N7O. The van der Waals surface area contributed by atoms with E-state index in [1.54, 1.807) is 0 Å². The van der Waals surface area contributed by atoms with E-state index in [9.17, 15) is 4.79 Å². The number of carbonyl (C=O) groups is 1. The first kappa shape index (κ1) is 18.4. The third kappa shape index (κ3) is 3.52. The molecule has 30 heavy (non-hydrogen) atoms. The smallest absolute Gasteiger partial charge is 0.237 e. The highest BCUT2D eigenvalue weighted by Gasteiger charge is 2.29. The summed E-state index contributed by atoms with van der Waals surface area (Å²) in [5.41, 5.74) is 9.35. The Morgan fingerprint density at radius 3 is 2.77 bits per heavy atom. The predicted octanol–water partition coefficient (Wildman–Crippen LogP) is 2.71. The number of aromatic amines is 1. The number of nitrogens with zero attached hydrogens (tertiary/aromatic N) is 5. The van der Waals surface area contributed by atoms with E-state index in [-0.39, 0.29) is 12.5 Å². The number of benzene rings is 2. The summed E-state index contributed by atoms with van der Waals surface area (Å²) in [7, 11) is 0. The number of anilines is 1. The number of aromatic nitrogens is 5. The molecule has 2 aromatic carbocycles. The van der Waals surface area contributed by atoms with Crippen LogP contribution in [0.3, 0.4) is 0 Å². The van der Waals surface area contributed by atoms with Crippen molar-refractivity contribution in [2.24, 2.45) is 5.73 Å². The van der Waals surface area contributed by atoms with E-state index in [1.807, 2.05) is 46.1 Å². The van der Waals surface area contributed by atoms with Crippen LogP contribution in [0.1, 0.15) is 24.8 Å². The summed E-state index contributed by atoms with van der Waals surface area (Å²) in [6.07, 6.45) is 5.21. The highest BCUT2D eigenvalue weighted by atomic mass is 16.1. The maximum atomic E-state index is 11.6. The normalized spacial score (nSPS) is 14.0. The number of primary amides is 1. The molecule has 5 rings (SSSR count). The van der Waals surface area contributed by atoms with Gasteiger partial charge in [0.1, 0.15) is 5.69 Å². The number of rotatable bonds is 7. The van der Waals surface area contributed by atoms with Crippen LogP contribution in [0.15, 0.2) is 54.7 Å². The van der Waals surface area contributed by atoms with Crippen LogP contribution in [0, 0.1) is 0 Å². The molecule has 8 heteroatoms. The minimum atomic E-state index is -0.349. The van der Waals surface area contributed by atoms with Crippen molar-refractivity contribution in [2.75, 3.05) is 11.4 Å². The molecule has 2 aromatic heterocycles. The van der Waals surface area contributed by atoms with E-state index < -0.39 is 0 Å². The van der Waals surface area contributed by atoms with Gasteiger partial charge in [-0.05, 0) is 37.0 Å². The fraction of sp³-hybridized carbons (Fsp3) is 0.273. The largest absolute Gasteiger partial charge is 0.368 e. The lowest BCUT2D eigenvalue weighted by Crippen LogP contribution is -2.45. The van der Waals surface area contributed by atoms with Crippen molar-refractivity contribution in [2.45, 2.75) is 31.8 Å². The number of amides is 1. The summed E-state index contributed by atoms with van der Waals surface area (Å²) >= 11 is 0. The lowest BCUT2D eigenvalue weighted by molar-refractivity contribution is -0.116. The molecule has 152 valence electrons. The molecule has 0 radical (unpaired) electrons. The quantitative estimate of drug-likeness (QED) is 0.495. The van der Waals surface area contributed by atoms with Gasteiger partial charge in [-0.25, -0.2) is 4.68 Å². The van der Waals surface area contributed by atoms with E-state index >= 15 is 0 Å². The van der Waals surface area contributed by atoms with Crippen LogP contribution in [0.4, 0.5) is 5.82 Å². The van der Waals surface area contributed by atoms with Crippen LogP contribution in [0.5, 0.6) is 0 Å². The number of hydrogen-bond acceptors (Lipinski definition) is 5. The van der Waals surface area contributed by atoms with Gasteiger partial charge in [-0.2, -0.15) is 5.10 Å². The average Bonchev–Trinajstić information content (AvgIpc) is 3.33. The number of H-pyrrole nitrogens is 1. The van der Waals surface area contributed by atoms with E-state index in [0.717, 1.165) is 47.2 Å². The molecule has 0 spiro atoms. The summed E-state index contributed by atoms with van der Waals surface area (Å²) in [4.78, 5) is 13.7. The SMILES string of the molecule is NC(=O)CN(c1n[nH]c2ccc(-c3cn(Cc4ccccc4)nn3)cc12)C1CCC1. The molecule has 0 aliphatic heterocycles. The van der Waals surface area contributed by atoms with E-state index in [2.05, 4.69) is 38.7 Å². The maximum Gasteiger partial charge on any atom is 0.237 e. The molecule has 0 bridgehead atoms. The summed E-state index contributed by atoms with van der Waals surface area (Å²) in [6.45, 7) is 0.837. The number of nitrogens with two attached hydrogens (primary N) is 1. The zero-order valence-corrected chi connectivity index (χ0v) is 16.5. The summed E-state index contributed by atoms with van der Waals surface area (Å²) in [5, 5.41) is 17.2. The Balaban J connectivity index is 1.46.